The topological polar surface area (TPSA) is 93.0 Å². The van der Waals surface area contributed by atoms with E-state index in [0.29, 0.717) is 17.7 Å². The molecule has 152 valence electrons. The van der Waals surface area contributed by atoms with Gasteiger partial charge in [0.05, 0.1) is 11.0 Å². The van der Waals surface area contributed by atoms with Crippen molar-refractivity contribution in [3.63, 3.8) is 0 Å². The highest BCUT2D eigenvalue weighted by atomic mass is 16.6. The molecule has 0 N–H and O–H groups in total. The van der Waals surface area contributed by atoms with E-state index in [1.165, 1.54) is 17.0 Å². The Kier molecular flexibility index (Phi) is 6.11. The molecule has 2 aromatic carbocycles. The Bertz CT molecular complexity index is 913. The summed E-state index contributed by atoms with van der Waals surface area (Å²) in [5, 5.41) is 10.9. The number of benzene rings is 2. The molecule has 0 aliphatic carbocycles. The van der Waals surface area contributed by atoms with Gasteiger partial charge in [-0.15, -0.1) is 0 Å². The molecule has 0 saturated carbocycles. The zero-order valence-electron chi connectivity index (χ0n) is 16.4. The molecule has 3 rings (SSSR count). The van der Waals surface area contributed by atoms with E-state index in [4.69, 9.17) is 4.74 Å². The number of rotatable bonds is 7. The van der Waals surface area contributed by atoms with Gasteiger partial charge in [-0.2, -0.15) is 0 Å². The highest BCUT2D eigenvalue weighted by molar-refractivity contribution is 5.95. The largest absolute Gasteiger partial charge is 0.484 e. The van der Waals surface area contributed by atoms with E-state index < -0.39 is 4.92 Å². The minimum atomic E-state index is -0.458. The van der Waals surface area contributed by atoms with Gasteiger partial charge >= 0.3 is 0 Å². The lowest BCUT2D eigenvalue weighted by atomic mass is 10.1. The fraction of sp³-hybridized carbons (Fsp3) is 0.333. The highest BCUT2D eigenvalue weighted by Crippen LogP contribution is 2.25. The monoisotopic (exact) mass is 397 g/mol. The summed E-state index contributed by atoms with van der Waals surface area (Å²) < 4.78 is 5.58. The first-order valence-electron chi connectivity index (χ1n) is 9.40. The van der Waals surface area contributed by atoms with Gasteiger partial charge in [-0.3, -0.25) is 19.7 Å². The maximum atomic E-state index is 12.5. The second-order valence-electron chi connectivity index (χ2n) is 6.96. The Labute approximate surface area is 168 Å². The lowest BCUT2D eigenvalue weighted by Gasteiger charge is -2.25. The molecular formula is C21H23N3O5. The van der Waals surface area contributed by atoms with Crippen LogP contribution in [0.1, 0.15) is 31.4 Å². The van der Waals surface area contributed by atoms with Crippen molar-refractivity contribution in [2.24, 2.45) is 0 Å². The van der Waals surface area contributed by atoms with Crippen LogP contribution in [-0.4, -0.2) is 41.8 Å². The lowest BCUT2D eigenvalue weighted by molar-refractivity contribution is -0.384. The number of carbonyl (C=O) groups excluding carboxylic acids is 2. The fourth-order valence-corrected chi connectivity index (χ4v) is 3.23. The Balaban J connectivity index is 1.57. The van der Waals surface area contributed by atoms with Crippen LogP contribution in [-0.2, 0) is 9.59 Å². The van der Waals surface area contributed by atoms with Crippen LogP contribution < -0.4 is 9.64 Å². The van der Waals surface area contributed by atoms with Gasteiger partial charge in [0.2, 0.25) is 5.91 Å². The van der Waals surface area contributed by atoms with Crippen LogP contribution in [0, 0.1) is 10.1 Å². The molecule has 2 aromatic rings. The van der Waals surface area contributed by atoms with Gasteiger partial charge in [-0.25, -0.2) is 0 Å². The number of anilines is 1. The zero-order chi connectivity index (χ0) is 21.0. The molecule has 0 aromatic heterocycles. The van der Waals surface area contributed by atoms with Crippen LogP contribution in [0.4, 0.5) is 11.4 Å². The summed E-state index contributed by atoms with van der Waals surface area (Å²) in [6, 6.07) is 13.0. The predicted molar refractivity (Wildman–Crippen MR) is 108 cm³/mol. The normalized spacial score (nSPS) is 14.6. The maximum Gasteiger partial charge on any atom is 0.269 e. The van der Waals surface area contributed by atoms with Gasteiger partial charge in [0.1, 0.15) is 5.75 Å². The predicted octanol–water partition coefficient (Wildman–Crippen LogP) is 3.32. The third kappa shape index (κ3) is 4.71. The van der Waals surface area contributed by atoms with Crippen LogP contribution in [0.15, 0.2) is 48.5 Å². The van der Waals surface area contributed by atoms with Crippen molar-refractivity contribution in [2.45, 2.75) is 25.8 Å². The molecule has 1 aliphatic rings. The van der Waals surface area contributed by atoms with Crippen LogP contribution >= 0.6 is 0 Å². The molecule has 8 heteroatoms. The standard InChI is InChI=1S/C21H23N3O5/c1-15(16-5-3-6-18(13-16)24(27)28)22(2)21(26)14-29-19-10-8-17(9-11-19)23-12-4-7-20(23)25/h3,5-6,8-11,13,15H,4,7,12,14H2,1-2H3. The maximum absolute atomic E-state index is 12.5. The number of ether oxygens (including phenoxy) is 1. The van der Waals surface area contributed by atoms with E-state index in [2.05, 4.69) is 0 Å². The average molecular weight is 397 g/mol. The Morgan fingerprint density at radius 3 is 2.62 bits per heavy atom. The summed E-state index contributed by atoms with van der Waals surface area (Å²) in [5.41, 5.74) is 1.49. The van der Waals surface area contributed by atoms with E-state index in [0.717, 1.165) is 18.7 Å². The van der Waals surface area contributed by atoms with E-state index >= 15 is 0 Å². The number of non-ortho nitro benzene ring substituents is 1. The minimum absolute atomic E-state index is 0.0111. The van der Waals surface area contributed by atoms with Crippen molar-refractivity contribution < 1.29 is 19.2 Å². The van der Waals surface area contributed by atoms with Gasteiger partial charge in [0.15, 0.2) is 6.61 Å². The van der Waals surface area contributed by atoms with Crippen LogP contribution in [0.5, 0.6) is 5.75 Å². The average Bonchev–Trinajstić information content (AvgIpc) is 3.17. The number of amides is 2. The van der Waals surface area contributed by atoms with Crippen LogP contribution in [0.3, 0.4) is 0 Å². The number of nitro groups is 1. The molecule has 1 fully saturated rings. The molecule has 1 saturated heterocycles. The Morgan fingerprint density at radius 1 is 1.28 bits per heavy atom. The molecule has 0 radical (unpaired) electrons. The van der Waals surface area contributed by atoms with Gasteiger partial charge < -0.3 is 14.5 Å². The second kappa shape index (κ2) is 8.72. The summed E-state index contributed by atoms with van der Waals surface area (Å²) in [7, 11) is 1.64. The van der Waals surface area contributed by atoms with Crippen molar-refractivity contribution in [1.82, 2.24) is 4.90 Å². The first kappa shape index (κ1) is 20.3. The quantitative estimate of drug-likeness (QED) is 0.528. The Morgan fingerprint density at radius 2 is 2.00 bits per heavy atom. The third-order valence-electron chi connectivity index (χ3n) is 5.12. The van der Waals surface area contributed by atoms with Crippen molar-refractivity contribution in [3.05, 3.63) is 64.2 Å². The molecule has 2 amide bonds. The third-order valence-corrected chi connectivity index (χ3v) is 5.12. The molecule has 1 aliphatic heterocycles. The summed E-state index contributed by atoms with van der Waals surface area (Å²) in [5.74, 6) is 0.401. The molecule has 1 atom stereocenters. The van der Waals surface area contributed by atoms with Gasteiger partial charge in [0, 0.05) is 37.8 Å². The van der Waals surface area contributed by atoms with E-state index in [1.54, 1.807) is 55.3 Å². The van der Waals surface area contributed by atoms with Crippen LogP contribution in [0.25, 0.3) is 0 Å². The van der Waals surface area contributed by atoms with Gasteiger partial charge in [-0.05, 0) is 43.2 Å². The minimum Gasteiger partial charge on any atom is -0.484 e. The molecule has 29 heavy (non-hydrogen) atoms. The summed E-state index contributed by atoms with van der Waals surface area (Å²) in [4.78, 5) is 38.0. The van der Waals surface area contributed by atoms with Crippen LogP contribution in [0.2, 0.25) is 0 Å². The number of hydrogen-bond acceptors (Lipinski definition) is 5. The van der Waals surface area contributed by atoms with E-state index in [9.17, 15) is 19.7 Å². The molecule has 0 spiro atoms. The number of carbonyl (C=O) groups is 2. The fourth-order valence-electron chi connectivity index (χ4n) is 3.23. The van der Waals surface area contributed by atoms with Crippen molar-refractivity contribution >= 4 is 23.2 Å². The smallest absolute Gasteiger partial charge is 0.269 e. The second-order valence-corrected chi connectivity index (χ2v) is 6.96. The summed E-state index contributed by atoms with van der Waals surface area (Å²) in [6.07, 6.45) is 1.43. The first-order valence-corrected chi connectivity index (χ1v) is 9.40. The number of nitro benzene ring substituents is 1. The highest BCUT2D eigenvalue weighted by Gasteiger charge is 2.22. The SMILES string of the molecule is CC(c1cccc([N+](=O)[O-])c1)N(C)C(=O)COc1ccc(N2CCCC2=O)cc1. The van der Waals surface area contributed by atoms with E-state index in [1.807, 2.05) is 0 Å². The van der Waals surface area contributed by atoms with Crippen molar-refractivity contribution in [1.29, 1.82) is 0 Å². The van der Waals surface area contributed by atoms with Gasteiger partial charge in [0.25, 0.3) is 11.6 Å². The number of nitrogens with zero attached hydrogens (tertiary/aromatic N) is 3. The van der Waals surface area contributed by atoms with Gasteiger partial charge in [-0.1, -0.05) is 12.1 Å². The number of hydrogen-bond donors (Lipinski definition) is 0. The summed E-state index contributed by atoms with van der Waals surface area (Å²) >= 11 is 0. The molecule has 1 unspecified atom stereocenters. The molecule has 8 nitrogen and oxygen atoms in total. The first-order chi connectivity index (χ1) is 13.9. The molecule has 0 bridgehead atoms. The molecule has 1 heterocycles. The molecular weight excluding hydrogens is 374 g/mol. The van der Waals surface area contributed by atoms with Crippen molar-refractivity contribution in [3.8, 4) is 5.75 Å². The summed E-state index contributed by atoms with van der Waals surface area (Å²) in [6.45, 7) is 2.37. The number of likely N-dealkylation sites (N-methyl/N-ethyl adjacent to an activating group) is 1. The van der Waals surface area contributed by atoms with E-state index in [-0.39, 0.29) is 30.2 Å². The lowest BCUT2D eigenvalue weighted by Crippen LogP contribution is -2.33. The zero-order valence-corrected chi connectivity index (χ0v) is 16.4. The van der Waals surface area contributed by atoms with Crippen molar-refractivity contribution in [2.75, 3.05) is 25.1 Å². The Hall–Kier alpha value is -3.42.